The number of anilines is 1. The van der Waals surface area contributed by atoms with Gasteiger partial charge in [0.2, 0.25) is 0 Å². The maximum Gasteiger partial charge on any atom is 0.331 e. The number of aromatic nitrogens is 2. The summed E-state index contributed by atoms with van der Waals surface area (Å²) < 4.78 is 3.02. The molecule has 0 radical (unpaired) electrons. The molecule has 1 N–H and O–H groups in total. The molecule has 3 aliphatic rings. The fourth-order valence-corrected chi connectivity index (χ4v) is 6.06. The summed E-state index contributed by atoms with van der Waals surface area (Å²) in [6.07, 6.45) is 6.68. The number of piperidine rings is 1. The Morgan fingerprint density at radius 1 is 0.975 bits per heavy atom. The summed E-state index contributed by atoms with van der Waals surface area (Å²) in [6.45, 7) is 5.46. The number of carbonyl (C=O) groups excluding carboxylic acids is 2. The Bertz CT molecular complexity index is 1580. The van der Waals surface area contributed by atoms with Crippen LogP contribution in [0.4, 0.5) is 10.5 Å². The van der Waals surface area contributed by atoms with Crippen molar-refractivity contribution in [2.24, 2.45) is 11.8 Å². The van der Waals surface area contributed by atoms with Crippen LogP contribution in [0.25, 0.3) is 10.9 Å². The van der Waals surface area contributed by atoms with E-state index in [1.54, 1.807) is 27.7 Å². The Labute approximate surface area is 234 Å². The van der Waals surface area contributed by atoms with E-state index in [-0.39, 0.29) is 35.0 Å². The number of benzene rings is 2. The van der Waals surface area contributed by atoms with Crippen LogP contribution in [0.15, 0.2) is 52.1 Å². The molecule has 0 spiro atoms. The second kappa shape index (κ2) is 10.7. The first-order valence-corrected chi connectivity index (χ1v) is 14.8. The van der Waals surface area contributed by atoms with Gasteiger partial charge in [-0.15, -0.1) is 0 Å². The first-order valence-electron chi connectivity index (χ1n) is 14.8. The van der Waals surface area contributed by atoms with Crippen LogP contribution in [-0.4, -0.2) is 38.9 Å². The molecule has 2 amide bonds. The smallest absolute Gasteiger partial charge is 0.324 e. The van der Waals surface area contributed by atoms with E-state index in [2.05, 4.69) is 11.4 Å². The zero-order chi connectivity index (χ0) is 28.0. The second-order valence-corrected chi connectivity index (χ2v) is 12.2. The summed E-state index contributed by atoms with van der Waals surface area (Å²) in [7, 11) is 0. The molecular weight excluding hydrogens is 504 g/mol. The van der Waals surface area contributed by atoms with Gasteiger partial charge in [0.15, 0.2) is 5.78 Å². The van der Waals surface area contributed by atoms with Crippen molar-refractivity contribution >= 4 is 28.4 Å². The fourth-order valence-electron chi connectivity index (χ4n) is 6.06. The van der Waals surface area contributed by atoms with Gasteiger partial charge in [-0.25, -0.2) is 9.59 Å². The lowest BCUT2D eigenvalue weighted by Gasteiger charge is -2.32. The third-order valence-electron chi connectivity index (χ3n) is 8.61. The van der Waals surface area contributed by atoms with Crippen LogP contribution in [0.1, 0.15) is 86.7 Å². The van der Waals surface area contributed by atoms with Gasteiger partial charge in [-0.2, -0.15) is 0 Å². The molecular formula is C32H38N4O4. The molecule has 1 unspecified atom stereocenters. The normalized spacial score (nSPS) is 19.3. The SMILES string of the molecule is CC(C)n1c(=O)n(CC2CC2)c(=O)c2cc(NC(=O)N3CCCC(CC(=O)c4cccc(C5CC5)c4)C3)ccc21. The molecule has 3 aromatic rings. The van der Waals surface area contributed by atoms with Crippen molar-refractivity contribution in [3.63, 3.8) is 0 Å². The Kier molecular flexibility index (Phi) is 7.11. The highest BCUT2D eigenvalue weighted by atomic mass is 16.2. The zero-order valence-electron chi connectivity index (χ0n) is 23.4. The van der Waals surface area contributed by atoms with E-state index >= 15 is 0 Å². The lowest BCUT2D eigenvalue weighted by atomic mass is 9.90. The highest BCUT2D eigenvalue weighted by Gasteiger charge is 2.28. The van der Waals surface area contributed by atoms with Crippen LogP contribution in [0.5, 0.6) is 0 Å². The monoisotopic (exact) mass is 542 g/mol. The second-order valence-electron chi connectivity index (χ2n) is 12.2. The number of Topliss-reactive ketones (excluding diaryl/α,β-unsaturated/α-hetero) is 1. The van der Waals surface area contributed by atoms with Crippen molar-refractivity contribution in [1.29, 1.82) is 0 Å². The van der Waals surface area contributed by atoms with E-state index in [9.17, 15) is 19.2 Å². The highest BCUT2D eigenvalue weighted by Crippen LogP contribution is 2.40. The molecule has 1 aliphatic heterocycles. The van der Waals surface area contributed by atoms with Crippen molar-refractivity contribution in [3.05, 3.63) is 74.4 Å². The Balaban J connectivity index is 1.16. The summed E-state index contributed by atoms with van der Waals surface area (Å²) in [6, 6.07) is 12.9. The van der Waals surface area contributed by atoms with Crippen molar-refractivity contribution in [1.82, 2.24) is 14.0 Å². The third kappa shape index (κ3) is 5.49. The van der Waals surface area contributed by atoms with Crippen LogP contribution in [0, 0.1) is 11.8 Å². The number of ketones is 1. The van der Waals surface area contributed by atoms with Gasteiger partial charge in [0.25, 0.3) is 5.56 Å². The van der Waals surface area contributed by atoms with Gasteiger partial charge in [0.05, 0.1) is 10.9 Å². The summed E-state index contributed by atoms with van der Waals surface area (Å²) in [4.78, 5) is 54.6. The van der Waals surface area contributed by atoms with Gasteiger partial charge >= 0.3 is 11.7 Å². The van der Waals surface area contributed by atoms with Crippen molar-refractivity contribution < 1.29 is 9.59 Å². The van der Waals surface area contributed by atoms with Crippen LogP contribution in [0.2, 0.25) is 0 Å². The molecule has 1 saturated heterocycles. The maximum atomic E-state index is 13.3. The number of amides is 2. The predicted molar refractivity (Wildman–Crippen MR) is 156 cm³/mol. The van der Waals surface area contributed by atoms with Crippen molar-refractivity contribution in [2.45, 2.75) is 77.3 Å². The average Bonchev–Trinajstić information content (AvgIpc) is 3.86. The molecule has 1 atom stereocenters. The molecule has 2 saturated carbocycles. The zero-order valence-corrected chi connectivity index (χ0v) is 23.4. The quantitative estimate of drug-likeness (QED) is 0.378. The highest BCUT2D eigenvalue weighted by molar-refractivity contribution is 5.96. The number of nitrogens with one attached hydrogen (secondary N) is 1. The van der Waals surface area contributed by atoms with Crippen LogP contribution >= 0.6 is 0 Å². The van der Waals surface area contributed by atoms with E-state index < -0.39 is 0 Å². The van der Waals surface area contributed by atoms with Crippen molar-refractivity contribution in [2.75, 3.05) is 18.4 Å². The van der Waals surface area contributed by atoms with E-state index in [1.807, 2.05) is 32.0 Å². The fraction of sp³-hybridized carbons (Fsp3) is 0.500. The number of likely N-dealkylation sites (tertiary alicyclic amines) is 1. The molecule has 6 rings (SSSR count). The number of carbonyl (C=O) groups is 2. The van der Waals surface area contributed by atoms with E-state index in [0.717, 1.165) is 31.2 Å². The Morgan fingerprint density at radius 2 is 1.77 bits per heavy atom. The topological polar surface area (TPSA) is 93.4 Å². The van der Waals surface area contributed by atoms with Crippen LogP contribution in [-0.2, 0) is 6.54 Å². The summed E-state index contributed by atoms with van der Waals surface area (Å²) in [5, 5.41) is 3.40. The molecule has 3 fully saturated rings. The summed E-state index contributed by atoms with van der Waals surface area (Å²) in [5.41, 5.74) is 2.56. The van der Waals surface area contributed by atoms with Gasteiger partial charge < -0.3 is 10.2 Å². The number of urea groups is 1. The molecule has 0 bridgehead atoms. The molecule has 1 aromatic heterocycles. The minimum absolute atomic E-state index is 0.106. The van der Waals surface area contributed by atoms with Crippen LogP contribution < -0.4 is 16.6 Å². The van der Waals surface area contributed by atoms with Gasteiger partial charge in [0, 0.05) is 43.3 Å². The number of nitrogens with zero attached hydrogens (tertiary/aromatic N) is 3. The van der Waals surface area contributed by atoms with Gasteiger partial charge in [-0.1, -0.05) is 18.2 Å². The van der Waals surface area contributed by atoms with Gasteiger partial charge in [-0.05, 0) is 100.0 Å². The van der Waals surface area contributed by atoms with Crippen LogP contribution in [0.3, 0.4) is 0 Å². The number of fused-ring (bicyclic) bond motifs is 1. The largest absolute Gasteiger partial charge is 0.331 e. The Morgan fingerprint density at radius 3 is 2.50 bits per heavy atom. The molecule has 8 heteroatoms. The summed E-state index contributed by atoms with van der Waals surface area (Å²) >= 11 is 0. The van der Waals surface area contributed by atoms with E-state index in [1.165, 1.54) is 23.0 Å². The molecule has 2 heterocycles. The van der Waals surface area contributed by atoms with E-state index in [4.69, 9.17) is 0 Å². The minimum Gasteiger partial charge on any atom is -0.324 e. The molecule has 8 nitrogen and oxygen atoms in total. The lowest BCUT2D eigenvalue weighted by molar-refractivity contribution is 0.0931. The molecule has 40 heavy (non-hydrogen) atoms. The number of rotatable bonds is 8. The number of hydrogen-bond donors (Lipinski definition) is 1. The minimum atomic E-state index is -0.304. The standard InChI is InChI=1S/C32H38N4O4/c1-20(2)36-28-13-12-26(17-27(28)30(38)35(32(36)40)19-21-8-9-21)33-31(39)34-14-4-5-22(18-34)15-29(37)25-7-3-6-24(16-25)23-10-11-23/h3,6-7,12-13,16-17,20-23H,4-5,8-11,14-15,18-19H2,1-2H3,(H,33,39). The average molecular weight is 543 g/mol. The Hall–Kier alpha value is -3.68. The summed E-state index contributed by atoms with van der Waals surface area (Å²) in [5.74, 6) is 1.24. The predicted octanol–water partition coefficient (Wildman–Crippen LogP) is 5.55. The molecule has 210 valence electrons. The van der Waals surface area contributed by atoms with Gasteiger partial charge in [0.1, 0.15) is 0 Å². The molecule has 2 aliphatic carbocycles. The first kappa shape index (κ1) is 26.5. The third-order valence-corrected chi connectivity index (χ3v) is 8.61. The lowest BCUT2D eigenvalue weighted by Crippen LogP contribution is -2.43. The van der Waals surface area contributed by atoms with Crippen molar-refractivity contribution in [3.8, 4) is 0 Å². The number of hydrogen-bond acceptors (Lipinski definition) is 4. The van der Waals surface area contributed by atoms with E-state index in [0.29, 0.717) is 54.5 Å². The maximum absolute atomic E-state index is 13.3. The first-order chi connectivity index (χ1) is 19.3. The molecule has 2 aromatic carbocycles. The van der Waals surface area contributed by atoms with Gasteiger partial charge in [-0.3, -0.25) is 18.7 Å².